The van der Waals surface area contributed by atoms with Crippen molar-refractivity contribution < 1.29 is 9.59 Å². The Morgan fingerprint density at radius 1 is 1.14 bits per heavy atom. The first-order chi connectivity index (χ1) is 13.3. The standard InChI is InChI=1S/C20H22N4O2S2/c1-10-6-8-15(9-7-10)22-19-23-24-20(28-19)27-14(5)18(26)17-11(2)16(13(4)25)12(3)21-17/h6-9,14,21H,1-5H3,(H,22,23). The van der Waals surface area contributed by atoms with Crippen molar-refractivity contribution >= 4 is 45.5 Å². The number of carbonyl (C=O) groups is 2. The number of aromatic amines is 1. The molecule has 2 heterocycles. The van der Waals surface area contributed by atoms with Crippen LogP contribution in [0.25, 0.3) is 0 Å². The molecule has 2 N–H and O–H groups in total. The molecule has 3 aromatic rings. The molecule has 1 aromatic carbocycles. The zero-order valence-electron chi connectivity index (χ0n) is 16.4. The average molecular weight is 415 g/mol. The molecule has 1 unspecified atom stereocenters. The lowest BCUT2D eigenvalue weighted by Gasteiger charge is -2.07. The van der Waals surface area contributed by atoms with Gasteiger partial charge in [0, 0.05) is 16.9 Å². The van der Waals surface area contributed by atoms with Gasteiger partial charge < -0.3 is 10.3 Å². The molecule has 0 aliphatic heterocycles. The van der Waals surface area contributed by atoms with E-state index >= 15 is 0 Å². The van der Waals surface area contributed by atoms with Gasteiger partial charge in [0.25, 0.3) is 0 Å². The molecule has 0 saturated heterocycles. The monoisotopic (exact) mass is 414 g/mol. The molecular formula is C20H22N4O2S2. The smallest absolute Gasteiger partial charge is 0.210 e. The van der Waals surface area contributed by atoms with Crippen molar-refractivity contribution in [3.63, 3.8) is 0 Å². The second-order valence-electron chi connectivity index (χ2n) is 6.67. The number of hydrogen-bond donors (Lipinski definition) is 2. The van der Waals surface area contributed by atoms with Crippen LogP contribution < -0.4 is 5.32 Å². The Hall–Kier alpha value is -2.45. The fourth-order valence-corrected chi connectivity index (χ4v) is 4.98. The summed E-state index contributed by atoms with van der Waals surface area (Å²) in [5.74, 6) is -0.0945. The summed E-state index contributed by atoms with van der Waals surface area (Å²) in [6, 6.07) is 8.02. The van der Waals surface area contributed by atoms with Gasteiger partial charge in [-0.1, -0.05) is 40.8 Å². The number of ketones is 2. The van der Waals surface area contributed by atoms with Crippen molar-refractivity contribution in [3.05, 3.63) is 52.3 Å². The van der Waals surface area contributed by atoms with Gasteiger partial charge in [0.15, 0.2) is 15.9 Å². The number of anilines is 2. The van der Waals surface area contributed by atoms with Crippen molar-refractivity contribution in [3.8, 4) is 0 Å². The number of H-pyrrole nitrogens is 1. The van der Waals surface area contributed by atoms with Crippen molar-refractivity contribution in [2.45, 2.75) is 44.2 Å². The Morgan fingerprint density at radius 2 is 1.82 bits per heavy atom. The van der Waals surface area contributed by atoms with E-state index in [2.05, 4.69) is 20.5 Å². The fraction of sp³-hybridized carbons (Fsp3) is 0.300. The third-order valence-corrected chi connectivity index (χ3v) is 6.41. The second-order valence-corrected chi connectivity index (χ2v) is 9.24. The van der Waals surface area contributed by atoms with Crippen LogP contribution in [-0.4, -0.2) is 32.0 Å². The number of benzene rings is 1. The maximum absolute atomic E-state index is 12.9. The van der Waals surface area contributed by atoms with Gasteiger partial charge in [0.2, 0.25) is 5.13 Å². The number of nitrogens with zero attached hydrogens (tertiary/aromatic N) is 2. The lowest BCUT2D eigenvalue weighted by atomic mass is 10.0. The molecule has 0 saturated carbocycles. The van der Waals surface area contributed by atoms with Crippen LogP contribution in [0.3, 0.4) is 0 Å². The molecule has 3 rings (SSSR count). The molecular weight excluding hydrogens is 392 g/mol. The minimum absolute atomic E-state index is 0.0402. The van der Waals surface area contributed by atoms with Crippen molar-refractivity contribution in [1.29, 1.82) is 0 Å². The molecule has 2 aromatic heterocycles. The van der Waals surface area contributed by atoms with Gasteiger partial charge in [-0.2, -0.15) is 0 Å². The van der Waals surface area contributed by atoms with Gasteiger partial charge >= 0.3 is 0 Å². The quantitative estimate of drug-likeness (QED) is 0.413. The topological polar surface area (TPSA) is 87.7 Å². The number of hydrogen-bond acceptors (Lipinski definition) is 7. The number of Topliss-reactive ketones (excluding diaryl/α,β-unsaturated/α-hetero) is 2. The van der Waals surface area contributed by atoms with Crippen LogP contribution in [0.1, 0.15) is 51.5 Å². The highest BCUT2D eigenvalue weighted by atomic mass is 32.2. The minimum Gasteiger partial charge on any atom is -0.355 e. The maximum atomic E-state index is 12.9. The minimum atomic E-state index is -0.350. The van der Waals surface area contributed by atoms with E-state index in [1.807, 2.05) is 45.0 Å². The van der Waals surface area contributed by atoms with Gasteiger partial charge in [0.05, 0.1) is 10.9 Å². The molecule has 6 nitrogen and oxygen atoms in total. The van der Waals surface area contributed by atoms with Crippen molar-refractivity contribution in [2.75, 3.05) is 5.32 Å². The summed E-state index contributed by atoms with van der Waals surface area (Å²) in [5, 5.41) is 11.9. The molecule has 0 bridgehead atoms. The normalized spacial score (nSPS) is 12.0. The van der Waals surface area contributed by atoms with Gasteiger partial charge in [-0.25, -0.2) is 0 Å². The number of aryl methyl sites for hydroxylation is 2. The molecule has 0 aliphatic carbocycles. The van der Waals surface area contributed by atoms with E-state index in [0.717, 1.165) is 11.4 Å². The van der Waals surface area contributed by atoms with E-state index in [4.69, 9.17) is 0 Å². The highest BCUT2D eigenvalue weighted by Crippen LogP contribution is 2.32. The molecule has 146 valence electrons. The van der Waals surface area contributed by atoms with Crippen molar-refractivity contribution in [1.82, 2.24) is 15.2 Å². The van der Waals surface area contributed by atoms with Gasteiger partial charge in [-0.15, -0.1) is 10.2 Å². The highest BCUT2D eigenvalue weighted by Gasteiger charge is 2.25. The zero-order chi connectivity index (χ0) is 20.4. The summed E-state index contributed by atoms with van der Waals surface area (Å²) in [7, 11) is 0. The molecule has 0 amide bonds. The first-order valence-corrected chi connectivity index (χ1v) is 10.5. The van der Waals surface area contributed by atoms with E-state index in [9.17, 15) is 9.59 Å². The molecule has 1 atom stereocenters. The number of rotatable bonds is 7. The van der Waals surface area contributed by atoms with E-state index in [-0.39, 0.29) is 16.8 Å². The summed E-state index contributed by atoms with van der Waals surface area (Å²) in [6.07, 6.45) is 0. The van der Waals surface area contributed by atoms with E-state index in [1.54, 1.807) is 6.92 Å². The summed E-state index contributed by atoms with van der Waals surface area (Å²) < 4.78 is 0.711. The molecule has 0 aliphatic rings. The third kappa shape index (κ3) is 4.34. The van der Waals surface area contributed by atoms with Crippen LogP contribution in [0.15, 0.2) is 28.6 Å². The third-order valence-electron chi connectivity index (χ3n) is 4.39. The van der Waals surface area contributed by atoms with Gasteiger partial charge in [-0.3, -0.25) is 9.59 Å². The van der Waals surface area contributed by atoms with Gasteiger partial charge in [0.1, 0.15) is 0 Å². The molecule has 0 radical (unpaired) electrons. The summed E-state index contributed by atoms with van der Waals surface area (Å²) in [4.78, 5) is 27.7. The van der Waals surface area contributed by atoms with E-state index < -0.39 is 0 Å². The first-order valence-electron chi connectivity index (χ1n) is 8.84. The number of aromatic nitrogens is 3. The predicted octanol–water partition coefficient (Wildman–Crippen LogP) is 5.10. The van der Waals surface area contributed by atoms with Crippen molar-refractivity contribution in [2.24, 2.45) is 0 Å². The Bertz CT molecular complexity index is 1020. The Labute approximate surface area is 172 Å². The Kier molecular flexibility index (Phi) is 6.00. The van der Waals surface area contributed by atoms with Crippen LogP contribution in [0, 0.1) is 20.8 Å². The Morgan fingerprint density at radius 3 is 2.43 bits per heavy atom. The SMILES string of the molecule is CC(=O)c1c(C)[nH]c(C(=O)C(C)Sc2nnc(Nc3ccc(C)cc3)s2)c1C. The predicted molar refractivity (Wildman–Crippen MR) is 114 cm³/mol. The molecule has 28 heavy (non-hydrogen) atoms. The lowest BCUT2D eigenvalue weighted by molar-refractivity contribution is 0.0988. The van der Waals surface area contributed by atoms with Crippen LogP contribution in [0.5, 0.6) is 0 Å². The van der Waals surface area contributed by atoms with E-state index in [1.165, 1.54) is 35.6 Å². The molecule has 8 heteroatoms. The first kappa shape index (κ1) is 20.3. The van der Waals surface area contributed by atoms with Crippen LogP contribution >= 0.6 is 23.1 Å². The van der Waals surface area contributed by atoms with Gasteiger partial charge in [-0.05, 0) is 52.3 Å². The average Bonchev–Trinajstić information content (AvgIpc) is 3.19. The number of nitrogens with one attached hydrogen (secondary N) is 2. The lowest BCUT2D eigenvalue weighted by Crippen LogP contribution is -2.15. The van der Waals surface area contributed by atoms with Crippen LogP contribution in [0.2, 0.25) is 0 Å². The van der Waals surface area contributed by atoms with Crippen LogP contribution in [0.4, 0.5) is 10.8 Å². The largest absolute Gasteiger partial charge is 0.355 e. The summed E-state index contributed by atoms with van der Waals surface area (Å²) >= 11 is 2.77. The highest BCUT2D eigenvalue weighted by molar-refractivity contribution is 8.02. The summed E-state index contributed by atoms with van der Waals surface area (Å²) in [5.41, 5.74) is 4.66. The van der Waals surface area contributed by atoms with E-state index in [0.29, 0.717) is 26.3 Å². The summed E-state index contributed by atoms with van der Waals surface area (Å²) in [6.45, 7) is 9.00. The van der Waals surface area contributed by atoms with Crippen LogP contribution in [-0.2, 0) is 0 Å². The molecule has 0 spiro atoms. The second kappa shape index (κ2) is 8.28. The Balaban J connectivity index is 1.70. The zero-order valence-corrected chi connectivity index (χ0v) is 18.0. The maximum Gasteiger partial charge on any atom is 0.210 e. The molecule has 0 fully saturated rings. The fourth-order valence-electron chi connectivity index (χ4n) is 3.00. The number of thioether (sulfide) groups is 1. The number of carbonyl (C=O) groups excluding carboxylic acids is 2.